The number of H-pyrrole nitrogens is 1. The van der Waals surface area contributed by atoms with Crippen LogP contribution in [0.5, 0.6) is 0 Å². The van der Waals surface area contributed by atoms with Crippen LogP contribution >= 0.6 is 22.9 Å². The number of rotatable bonds is 6. The Hall–Kier alpha value is -2.01. The van der Waals surface area contributed by atoms with E-state index in [0.717, 1.165) is 36.8 Å². The second-order valence-corrected chi connectivity index (χ2v) is 7.88. The average Bonchev–Trinajstić information content (AvgIpc) is 3.30. The van der Waals surface area contributed by atoms with E-state index in [-0.39, 0.29) is 6.10 Å². The number of amides is 1. The molecule has 29 heavy (non-hydrogen) atoms. The van der Waals surface area contributed by atoms with Crippen LogP contribution in [-0.2, 0) is 11.2 Å². The van der Waals surface area contributed by atoms with Gasteiger partial charge < -0.3 is 25.7 Å². The number of nitrogens with two attached hydrogens (primary N) is 1. The minimum atomic E-state index is -0.408. The van der Waals surface area contributed by atoms with Crippen LogP contribution in [0.2, 0.25) is 5.15 Å². The molecule has 1 saturated heterocycles. The quantitative estimate of drug-likeness (QED) is 0.582. The Bertz CT molecular complexity index is 840. The highest BCUT2D eigenvalue weighted by atomic mass is 35.5. The van der Waals surface area contributed by atoms with Crippen molar-refractivity contribution in [3.05, 3.63) is 27.2 Å². The van der Waals surface area contributed by atoms with Crippen LogP contribution in [0.25, 0.3) is 0 Å². The van der Waals surface area contributed by atoms with Crippen molar-refractivity contribution in [2.24, 2.45) is 5.73 Å². The lowest BCUT2D eigenvalue weighted by Crippen LogP contribution is -2.52. The number of aromatic nitrogens is 3. The zero-order valence-electron chi connectivity index (χ0n) is 17.0. The number of primary amides is 1. The van der Waals surface area contributed by atoms with Gasteiger partial charge in [0.05, 0.1) is 17.5 Å². The van der Waals surface area contributed by atoms with Crippen LogP contribution in [0.3, 0.4) is 0 Å². The molecule has 0 saturated carbocycles. The number of halogens is 1. The van der Waals surface area contributed by atoms with Gasteiger partial charge in [-0.25, -0.2) is 9.97 Å². The lowest BCUT2D eigenvalue weighted by molar-refractivity contribution is 0.0628. The van der Waals surface area contributed by atoms with Gasteiger partial charge in [0.25, 0.3) is 5.91 Å². The normalized spacial score (nSPS) is 18.9. The molecule has 2 aromatic rings. The molecule has 2 atom stereocenters. The summed E-state index contributed by atoms with van der Waals surface area (Å²) < 4.78 is 5.51. The minimum absolute atomic E-state index is 0.125. The molecule has 1 fully saturated rings. The number of aldehydes is 1. The van der Waals surface area contributed by atoms with Crippen LogP contribution in [0.4, 0.5) is 5.13 Å². The van der Waals surface area contributed by atoms with Crippen molar-refractivity contribution in [2.75, 3.05) is 32.1 Å². The summed E-state index contributed by atoms with van der Waals surface area (Å²) >= 11 is 6.98. The van der Waals surface area contributed by atoms with Crippen LogP contribution < -0.4 is 16.0 Å². The van der Waals surface area contributed by atoms with E-state index in [4.69, 9.17) is 22.1 Å². The third-order valence-corrected chi connectivity index (χ3v) is 6.27. The number of methoxy groups -OCH3 is 1. The number of nitrogens with one attached hydrogen (secondary N) is 2. The largest absolute Gasteiger partial charge is 0.378 e. The number of hydrogen-bond acceptors (Lipinski definition) is 8. The van der Waals surface area contributed by atoms with Gasteiger partial charge in [-0.3, -0.25) is 9.59 Å². The Kier molecular flexibility index (Phi) is 8.57. The fraction of sp³-hybridized carbons (Fsp3) is 0.556. The Morgan fingerprint density at radius 2 is 2.24 bits per heavy atom. The number of hydrogen-bond donors (Lipinski definition) is 3. The van der Waals surface area contributed by atoms with Gasteiger partial charge in [-0.15, -0.1) is 0 Å². The molecule has 11 heteroatoms. The highest BCUT2D eigenvalue weighted by molar-refractivity contribution is 7.17. The Morgan fingerprint density at radius 3 is 2.69 bits per heavy atom. The fourth-order valence-electron chi connectivity index (χ4n) is 3.10. The van der Waals surface area contributed by atoms with E-state index >= 15 is 0 Å². The summed E-state index contributed by atoms with van der Waals surface area (Å²) in [6.45, 7) is 5.42. The van der Waals surface area contributed by atoms with Crippen LogP contribution in [-0.4, -0.2) is 66.5 Å². The highest BCUT2D eigenvalue weighted by Gasteiger charge is 2.30. The number of imidazole rings is 1. The molecule has 2 aromatic heterocycles. The van der Waals surface area contributed by atoms with E-state index in [9.17, 15) is 9.59 Å². The first-order valence-corrected chi connectivity index (χ1v) is 10.5. The summed E-state index contributed by atoms with van der Waals surface area (Å²) in [4.78, 5) is 35.1. The third-order valence-electron chi connectivity index (χ3n) is 4.72. The molecule has 4 N–H and O–H groups in total. The minimum Gasteiger partial charge on any atom is -0.378 e. The summed E-state index contributed by atoms with van der Waals surface area (Å²) in [6.07, 6.45) is 2.52. The third kappa shape index (κ3) is 5.75. The lowest BCUT2D eigenvalue weighted by Gasteiger charge is -2.37. The fourth-order valence-corrected chi connectivity index (χ4v) is 4.33. The van der Waals surface area contributed by atoms with Crippen LogP contribution in [0.15, 0.2) is 0 Å². The molecule has 1 aliphatic heterocycles. The Balaban J connectivity index is 0.000000253. The van der Waals surface area contributed by atoms with Crippen molar-refractivity contribution in [2.45, 2.75) is 38.8 Å². The van der Waals surface area contributed by atoms with Gasteiger partial charge in [-0.05, 0) is 26.8 Å². The van der Waals surface area contributed by atoms with E-state index in [1.54, 1.807) is 7.11 Å². The number of carbonyl (C=O) groups is 2. The first kappa shape index (κ1) is 23.3. The maximum absolute atomic E-state index is 11.3. The maximum atomic E-state index is 11.3. The van der Waals surface area contributed by atoms with E-state index in [2.05, 4.69) is 25.2 Å². The van der Waals surface area contributed by atoms with Crippen LogP contribution in [0, 0.1) is 6.92 Å². The molecule has 0 unspecified atom stereocenters. The monoisotopic (exact) mass is 442 g/mol. The van der Waals surface area contributed by atoms with Crippen molar-refractivity contribution >= 4 is 40.3 Å². The number of carbonyl (C=O) groups excluding carboxylic acids is 2. The van der Waals surface area contributed by atoms with Crippen molar-refractivity contribution < 1.29 is 14.3 Å². The van der Waals surface area contributed by atoms with Gasteiger partial charge in [-0.2, -0.15) is 0 Å². The maximum Gasteiger partial charge on any atom is 0.260 e. The van der Waals surface area contributed by atoms with Gasteiger partial charge >= 0.3 is 0 Å². The van der Waals surface area contributed by atoms with E-state index in [0.29, 0.717) is 33.9 Å². The summed E-state index contributed by atoms with van der Waals surface area (Å²) in [5.74, 6) is -0.114. The zero-order valence-corrected chi connectivity index (χ0v) is 18.6. The van der Waals surface area contributed by atoms with Gasteiger partial charge in [0.1, 0.15) is 4.88 Å². The zero-order chi connectivity index (χ0) is 21.6. The van der Waals surface area contributed by atoms with Crippen molar-refractivity contribution in [3.63, 3.8) is 0 Å². The van der Waals surface area contributed by atoms with Gasteiger partial charge in [0.2, 0.25) is 0 Å². The van der Waals surface area contributed by atoms with E-state index in [1.807, 2.05) is 20.9 Å². The molecule has 160 valence electrons. The molecule has 0 radical (unpaired) electrons. The van der Waals surface area contributed by atoms with Crippen molar-refractivity contribution in [1.82, 2.24) is 20.3 Å². The number of aryl methyl sites for hydroxylation is 2. The molecule has 1 amide bonds. The SMILES string of the molecule is CCc1[nH]c(C=O)nc1Cl.CN[C@@H]1CCN(c2nc(C)c(C(N)=O)s2)C[C@@H]1OC. The number of likely N-dealkylation sites (N-methyl/N-ethyl adjacent to an activating group) is 1. The van der Waals surface area contributed by atoms with Gasteiger partial charge in [-0.1, -0.05) is 29.9 Å². The predicted octanol–water partition coefficient (Wildman–Crippen LogP) is 1.80. The van der Waals surface area contributed by atoms with Crippen molar-refractivity contribution in [3.8, 4) is 0 Å². The molecule has 0 spiro atoms. The summed E-state index contributed by atoms with van der Waals surface area (Å²) in [6, 6.07) is 0.359. The van der Waals surface area contributed by atoms with Gasteiger partial charge in [0.15, 0.2) is 22.4 Å². The first-order valence-electron chi connectivity index (χ1n) is 9.26. The predicted molar refractivity (Wildman–Crippen MR) is 114 cm³/mol. The molecule has 3 heterocycles. The molecule has 9 nitrogen and oxygen atoms in total. The Labute approximate surface area is 179 Å². The second-order valence-electron chi connectivity index (χ2n) is 6.54. The number of thiazole rings is 1. The standard InChI is InChI=1S/C12H20N4O2S.C6H7ClN2O/c1-7-10(11(13)17)19-12(15-7)16-5-4-8(14-2)9(6-16)18-3;1-2-4-6(7)9-5(3-10)8-4/h8-9,14H,4-6H2,1-3H3,(H2,13,17);3H,2H2,1H3,(H,8,9)/t8-,9+;/m1./s1. The van der Waals surface area contributed by atoms with E-state index in [1.165, 1.54) is 11.3 Å². The molecule has 0 bridgehead atoms. The smallest absolute Gasteiger partial charge is 0.260 e. The molecule has 1 aliphatic rings. The first-order chi connectivity index (χ1) is 13.8. The number of piperidine rings is 1. The molecule has 3 rings (SSSR count). The number of aromatic amines is 1. The Morgan fingerprint density at radius 1 is 1.52 bits per heavy atom. The average molecular weight is 443 g/mol. The molecule has 0 aliphatic carbocycles. The topological polar surface area (TPSA) is 126 Å². The molecular weight excluding hydrogens is 416 g/mol. The number of anilines is 1. The number of ether oxygens (including phenoxy) is 1. The molecular formula is C18H27ClN6O3S. The second kappa shape index (κ2) is 10.7. The molecule has 0 aromatic carbocycles. The number of nitrogens with zero attached hydrogens (tertiary/aromatic N) is 3. The lowest BCUT2D eigenvalue weighted by atomic mass is 10.0. The van der Waals surface area contributed by atoms with Gasteiger partial charge in [0, 0.05) is 26.2 Å². The summed E-state index contributed by atoms with van der Waals surface area (Å²) in [5.41, 5.74) is 6.85. The highest BCUT2D eigenvalue weighted by Crippen LogP contribution is 2.28. The van der Waals surface area contributed by atoms with E-state index < -0.39 is 5.91 Å². The summed E-state index contributed by atoms with van der Waals surface area (Å²) in [5, 5.41) is 4.51. The van der Waals surface area contributed by atoms with Crippen molar-refractivity contribution in [1.29, 1.82) is 0 Å². The van der Waals surface area contributed by atoms with Crippen LogP contribution in [0.1, 0.15) is 45.0 Å². The summed E-state index contributed by atoms with van der Waals surface area (Å²) in [7, 11) is 3.67.